The molecular weight excluding hydrogens is 346 g/mol. The number of H-pyrrole nitrogens is 1. The Bertz CT molecular complexity index is 978. The van der Waals surface area contributed by atoms with Crippen molar-refractivity contribution in [2.24, 2.45) is 5.92 Å². The first-order chi connectivity index (χ1) is 13.7. The van der Waals surface area contributed by atoms with Crippen LogP contribution in [0.5, 0.6) is 0 Å². The molecular formula is C24H29N3O. The molecule has 4 nitrogen and oxygen atoms in total. The lowest BCUT2D eigenvalue weighted by Gasteiger charge is -2.47. The van der Waals surface area contributed by atoms with Crippen molar-refractivity contribution >= 4 is 10.9 Å². The minimum atomic E-state index is -0.285. The average molecular weight is 376 g/mol. The highest BCUT2D eigenvalue weighted by molar-refractivity contribution is 5.98. The molecule has 0 bridgehead atoms. The van der Waals surface area contributed by atoms with Crippen LogP contribution in [0.25, 0.3) is 22.0 Å². The van der Waals surface area contributed by atoms with Crippen LogP contribution in [0.15, 0.2) is 48.5 Å². The monoisotopic (exact) mass is 375 g/mol. The number of aromatic amines is 1. The van der Waals surface area contributed by atoms with Gasteiger partial charge in [-0.15, -0.1) is 0 Å². The van der Waals surface area contributed by atoms with Crippen molar-refractivity contribution in [3.05, 3.63) is 59.8 Å². The molecule has 2 aliphatic heterocycles. The van der Waals surface area contributed by atoms with Crippen LogP contribution in [-0.2, 0) is 6.42 Å². The van der Waals surface area contributed by atoms with E-state index in [1.165, 1.54) is 33.3 Å². The third-order valence-electron chi connectivity index (χ3n) is 6.90. The zero-order chi connectivity index (χ0) is 19.3. The van der Waals surface area contributed by atoms with Crippen LogP contribution in [0.4, 0.5) is 0 Å². The Morgan fingerprint density at radius 2 is 1.96 bits per heavy atom. The van der Waals surface area contributed by atoms with Gasteiger partial charge in [0.2, 0.25) is 0 Å². The maximum Gasteiger partial charge on any atom is 0.0567 e. The summed E-state index contributed by atoms with van der Waals surface area (Å²) in [5.41, 5.74) is 6.72. The molecule has 28 heavy (non-hydrogen) atoms. The van der Waals surface area contributed by atoms with Crippen LogP contribution in [0.2, 0.25) is 0 Å². The fourth-order valence-corrected chi connectivity index (χ4v) is 5.45. The van der Waals surface area contributed by atoms with Crippen molar-refractivity contribution in [1.29, 1.82) is 0 Å². The molecule has 0 amide bonds. The van der Waals surface area contributed by atoms with E-state index >= 15 is 0 Å². The quantitative estimate of drug-likeness (QED) is 0.654. The summed E-state index contributed by atoms with van der Waals surface area (Å²) in [7, 11) is 2.03. The smallest absolute Gasteiger partial charge is 0.0567 e. The number of benzene rings is 2. The van der Waals surface area contributed by atoms with E-state index < -0.39 is 0 Å². The average Bonchev–Trinajstić information content (AvgIpc) is 3.12. The molecule has 3 aromatic rings. The molecule has 0 aliphatic carbocycles. The van der Waals surface area contributed by atoms with E-state index in [2.05, 4.69) is 63.7 Å². The summed E-state index contributed by atoms with van der Waals surface area (Å²) < 4.78 is 0. The molecule has 0 radical (unpaired) electrons. The minimum Gasteiger partial charge on any atom is -0.393 e. The molecule has 1 saturated heterocycles. The lowest BCUT2D eigenvalue weighted by molar-refractivity contribution is 0.00759. The van der Waals surface area contributed by atoms with Gasteiger partial charge < -0.3 is 15.4 Å². The molecule has 3 N–H and O–H groups in total. The highest BCUT2D eigenvalue weighted by Gasteiger charge is 2.41. The lowest BCUT2D eigenvalue weighted by atomic mass is 9.80. The molecule has 5 rings (SSSR count). The number of fused-ring (bicyclic) bond motifs is 5. The van der Waals surface area contributed by atoms with Crippen LogP contribution in [-0.4, -0.2) is 47.3 Å². The van der Waals surface area contributed by atoms with Crippen molar-refractivity contribution in [3.63, 3.8) is 0 Å². The van der Waals surface area contributed by atoms with Crippen LogP contribution in [0.1, 0.15) is 30.6 Å². The maximum absolute atomic E-state index is 10.3. The van der Waals surface area contributed by atoms with Gasteiger partial charge >= 0.3 is 0 Å². The third-order valence-corrected chi connectivity index (χ3v) is 6.90. The van der Waals surface area contributed by atoms with Crippen molar-refractivity contribution in [1.82, 2.24) is 15.2 Å². The molecule has 4 heteroatoms. The first kappa shape index (κ1) is 17.9. The standard InChI is InChI=1S/C24H29N3O/c1-15(28)19-14-27-12-11-18-23-17(16-7-4-3-5-8-16)9-6-10-20(23)26-24(18)22(27)13-21(19)25-2/h3-10,15,19,21-22,25-26,28H,11-14H2,1-2H3/t15-,19-,21-,22-/m0/s1. The molecule has 0 saturated carbocycles. The summed E-state index contributed by atoms with van der Waals surface area (Å²) in [5, 5.41) is 15.1. The number of rotatable bonds is 3. The Morgan fingerprint density at radius 1 is 1.14 bits per heavy atom. The topological polar surface area (TPSA) is 51.3 Å². The van der Waals surface area contributed by atoms with Gasteiger partial charge in [-0.25, -0.2) is 0 Å². The highest BCUT2D eigenvalue weighted by Crippen LogP contribution is 2.43. The molecule has 0 unspecified atom stereocenters. The SMILES string of the molecule is CN[C@H]1C[C@H]2c3[nH]c4cccc(-c5ccccc5)c4c3CCN2C[C@H]1[C@H](C)O. The molecule has 3 heterocycles. The Kier molecular flexibility index (Phi) is 4.50. The van der Waals surface area contributed by atoms with Gasteiger partial charge in [0.1, 0.15) is 0 Å². The highest BCUT2D eigenvalue weighted by atomic mass is 16.3. The number of piperidine rings is 1. The Hall–Kier alpha value is -2.14. The number of nitrogens with one attached hydrogen (secondary N) is 2. The molecule has 1 fully saturated rings. The van der Waals surface area contributed by atoms with Crippen LogP contribution >= 0.6 is 0 Å². The van der Waals surface area contributed by atoms with Gasteiger partial charge in [-0.05, 0) is 49.6 Å². The van der Waals surface area contributed by atoms with E-state index in [1.807, 2.05) is 14.0 Å². The molecule has 2 aromatic carbocycles. The fraction of sp³-hybridized carbons (Fsp3) is 0.417. The molecule has 0 spiro atoms. The number of hydrogen-bond donors (Lipinski definition) is 3. The van der Waals surface area contributed by atoms with Gasteiger partial charge in [-0.2, -0.15) is 0 Å². The largest absolute Gasteiger partial charge is 0.393 e. The van der Waals surface area contributed by atoms with E-state index in [1.54, 1.807) is 0 Å². The van der Waals surface area contributed by atoms with E-state index in [0.717, 1.165) is 25.9 Å². The van der Waals surface area contributed by atoms with E-state index in [9.17, 15) is 5.11 Å². The van der Waals surface area contributed by atoms with Crippen molar-refractivity contribution in [2.75, 3.05) is 20.1 Å². The minimum absolute atomic E-state index is 0.284. The van der Waals surface area contributed by atoms with E-state index in [4.69, 9.17) is 0 Å². The first-order valence-corrected chi connectivity index (χ1v) is 10.5. The summed E-state index contributed by atoms with van der Waals surface area (Å²) in [5.74, 6) is 0.284. The predicted octanol–water partition coefficient (Wildman–Crippen LogP) is 3.72. The van der Waals surface area contributed by atoms with Crippen LogP contribution in [0, 0.1) is 5.92 Å². The third kappa shape index (κ3) is 2.79. The van der Waals surface area contributed by atoms with Gasteiger partial charge in [0.05, 0.1) is 12.1 Å². The predicted molar refractivity (Wildman–Crippen MR) is 114 cm³/mol. The van der Waals surface area contributed by atoms with Crippen LogP contribution in [0.3, 0.4) is 0 Å². The van der Waals surface area contributed by atoms with Gasteiger partial charge in [-0.3, -0.25) is 4.90 Å². The normalized spacial score (nSPS) is 26.0. The van der Waals surface area contributed by atoms with Crippen molar-refractivity contribution in [3.8, 4) is 11.1 Å². The van der Waals surface area contributed by atoms with Crippen molar-refractivity contribution in [2.45, 2.75) is 38.0 Å². The fourth-order valence-electron chi connectivity index (χ4n) is 5.45. The zero-order valence-electron chi connectivity index (χ0n) is 16.7. The second kappa shape index (κ2) is 7.03. The van der Waals surface area contributed by atoms with Gasteiger partial charge in [-0.1, -0.05) is 42.5 Å². The van der Waals surface area contributed by atoms with Gasteiger partial charge in [0.15, 0.2) is 0 Å². The van der Waals surface area contributed by atoms with Gasteiger partial charge in [0.25, 0.3) is 0 Å². The summed E-state index contributed by atoms with van der Waals surface area (Å²) in [6, 6.07) is 18.1. The molecule has 146 valence electrons. The number of aliphatic hydroxyl groups is 1. The van der Waals surface area contributed by atoms with Crippen LogP contribution < -0.4 is 5.32 Å². The maximum atomic E-state index is 10.3. The molecule has 2 aliphatic rings. The Morgan fingerprint density at radius 3 is 2.71 bits per heavy atom. The van der Waals surface area contributed by atoms with E-state index in [0.29, 0.717) is 12.1 Å². The number of aliphatic hydroxyl groups excluding tert-OH is 1. The second-order valence-electron chi connectivity index (χ2n) is 8.41. The number of aromatic nitrogens is 1. The lowest BCUT2D eigenvalue weighted by Crippen LogP contribution is -2.54. The second-order valence-corrected chi connectivity index (χ2v) is 8.41. The summed E-state index contributed by atoms with van der Waals surface area (Å²) >= 11 is 0. The summed E-state index contributed by atoms with van der Waals surface area (Å²) in [4.78, 5) is 6.36. The van der Waals surface area contributed by atoms with Gasteiger partial charge in [0, 0.05) is 41.6 Å². The molecule has 1 aromatic heterocycles. The van der Waals surface area contributed by atoms with E-state index in [-0.39, 0.29) is 12.0 Å². The Balaban J connectivity index is 1.60. The summed E-state index contributed by atoms with van der Waals surface area (Å²) in [6.07, 6.45) is 1.81. The number of nitrogens with zero attached hydrogens (tertiary/aromatic N) is 1. The number of hydrogen-bond acceptors (Lipinski definition) is 3. The molecule has 4 atom stereocenters. The summed E-state index contributed by atoms with van der Waals surface area (Å²) in [6.45, 7) is 3.95. The zero-order valence-corrected chi connectivity index (χ0v) is 16.7. The Labute approximate surface area is 166 Å². The first-order valence-electron chi connectivity index (χ1n) is 10.5. The van der Waals surface area contributed by atoms with Crippen molar-refractivity contribution < 1.29 is 5.11 Å².